The summed E-state index contributed by atoms with van der Waals surface area (Å²) < 4.78 is 62.3. The summed E-state index contributed by atoms with van der Waals surface area (Å²) in [6.45, 7) is 3.64. The highest BCUT2D eigenvalue weighted by atomic mass is 32.2. The van der Waals surface area contributed by atoms with Gasteiger partial charge in [0.15, 0.2) is 0 Å². The van der Waals surface area contributed by atoms with Crippen molar-refractivity contribution in [1.29, 1.82) is 0 Å². The highest BCUT2D eigenvalue weighted by Crippen LogP contribution is 2.21. The number of alkyl halides is 3. The first kappa shape index (κ1) is 14.9. The van der Waals surface area contributed by atoms with E-state index in [2.05, 4.69) is 11.3 Å². The number of hydrogen-bond donors (Lipinski definition) is 1. The van der Waals surface area contributed by atoms with E-state index in [9.17, 15) is 26.4 Å². The molecule has 0 aromatic rings. The minimum absolute atomic E-state index is 0.665. The fourth-order valence-electron chi connectivity index (χ4n) is 0.597. The molecule has 0 saturated carbocycles. The summed E-state index contributed by atoms with van der Waals surface area (Å²) >= 11 is 0. The predicted molar refractivity (Wildman–Crippen MR) is 48.7 cm³/mol. The number of rotatable bonds is 5. The Hall–Kier alpha value is -1.09. The fraction of sp³-hybridized carbons (Fsp3) is 0.571. The molecule has 0 saturated heterocycles. The largest absolute Gasteiger partial charge is 0.511 e. The third-order valence-electron chi connectivity index (χ3n) is 1.35. The van der Waals surface area contributed by atoms with Gasteiger partial charge < -0.3 is 4.74 Å². The van der Waals surface area contributed by atoms with Gasteiger partial charge in [0.05, 0.1) is 0 Å². The maximum absolute atomic E-state index is 11.8. The van der Waals surface area contributed by atoms with Crippen molar-refractivity contribution in [2.75, 3.05) is 6.54 Å². The lowest BCUT2D eigenvalue weighted by Crippen LogP contribution is -2.40. The number of carbonyl (C=O) groups is 1. The first-order valence-electron chi connectivity index (χ1n) is 3.99. The molecule has 0 heterocycles. The molecule has 0 aromatic carbocycles. The van der Waals surface area contributed by atoms with Crippen LogP contribution >= 0.6 is 0 Å². The van der Waals surface area contributed by atoms with Crippen molar-refractivity contribution in [3.63, 3.8) is 0 Å². The minimum atomic E-state index is -5.40. The highest BCUT2D eigenvalue weighted by Gasteiger charge is 2.45. The van der Waals surface area contributed by atoms with Crippen LogP contribution in [0.15, 0.2) is 12.7 Å². The lowest BCUT2D eigenvalue weighted by molar-refractivity contribution is -0.141. The maximum Gasteiger partial charge on any atom is 0.511 e. The lowest BCUT2D eigenvalue weighted by atomic mass is 10.4. The summed E-state index contributed by atoms with van der Waals surface area (Å²) in [6, 6.07) is 0. The third kappa shape index (κ3) is 4.62. The molecule has 0 radical (unpaired) electrons. The van der Waals surface area contributed by atoms with Gasteiger partial charge in [-0.2, -0.15) is 13.2 Å². The Morgan fingerprint density at radius 3 is 2.44 bits per heavy atom. The molecule has 0 aliphatic rings. The Morgan fingerprint density at radius 2 is 2.06 bits per heavy atom. The molecule has 16 heavy (non-hydrogen) atoms. The van der Waals surface area contributed by atoms with Crippen LogP contribution in [0.2, 0.25) is 0 Å². The van der Waals surface area contributed by atoms with Gasteiger partial charge in [0.1, 0.15) is 6.10 Å². The van der Waals surface area contributed by atoms with Crippen LogP contribution in [0.4, 0.5) is 13.2 Å². The van der Waals surface area contributed by atoms with Crippen LogP contribution in [0.3, 0.4) is 0 Å². The van der Waals surface area contributed by atoms with Gasteiger partial charge in [0, 0.05) is 12.6 Å². The smallest absolute Gasteiger partial charge is 0.458 e. The molecule has 5 nitrogen and oxygen atoms in total. The van der Waals surface area contributed by atoms with Gasteiger partial charge in [0.2, 0.25) is 0 Å². The first-order valence-corrected chi connectivity index (χ1v) is 5.47. The van der Waals surface area contributed by atoms with Gasteiger partial charge in [-0.3, -0.25) is 0 Å². The Kier molecular flexibility index (Phi) is 4.94. The van der Waals surface area contributed by atoms with E-state index in [-0.39, 0.29) is 0 Å². The summed E-state index contributed by atoms with van der Waals surface area (Å²) in [5, 5.41) is 0. The van der Waals surface area contributed by atoms with Crippen molar-refractivity contribution in [1.82, 2.24) is 4.72 Å². The normalized spacial score (nSPS) is 14.2. The highest BCUT2D eigenvalue weighted by molar-refractivity contribution is 7.90. The van der Waals surface area contributed by atoms with E-state index in [0.717, 1.165) is 6.08 Å². The second kappa shape index (κ2) is 5.30. The average molecular weight is 261 g/mol. The van der Waals surface area contributed by atoms with Gasteiger partial charge in [-0.1, -0.05) is 6.58 Å². The monoisotopic (exact) mass is 261 g/mol. The number of halogens is 3. The van der Waals surface area contributed by atoms with Gasteiger partial charge in [-0.05, 0) is 6.92 Å². The number of sulfonamides is 1. The standard InChI is InChI=1S/C7H10F3NO4S/c1-3-6(12)15-5(2)4-11-16(13,14)7(8,9)10/h3,5,11H,1,4H2,2H3. The quantitative estimate of drug-likeness (QED) is 0.579. The summed E-state index contributed by atoms with van der Waals surface area (Å²) in [5.41, 5.74) is -5.38. The molecule has 0 fully saturated rings. The molecular weight excluding hydrogens is 251 g/mol. The minimum Gasteiger partial charge on any atom is -0.458 e. The van der Waals surface area contributed by atoms with Crippen LogP contribution in [0.1, 0.15) is 6.92 Å². The molecule has 9 heteroatoms. The van der Waals surface area contributed by atoms with E-state index < -0.39 is 34.1 Å². The van der Waals surface area contributed by atoms with Gasteiger partial charge in [-0.15, -0.1) is 0 Å². The van der Waals surface area contributed by atoms with Crippen molar-refractivity contribution in [2.45, 2.75) is 18.5 Å². The first-order chi connectivity index (χ1) is 7.10. The summed E-state index contributed by atoms with van der Waals surface area (Å²) in [6.07, 6.45) is -0.211. The predicted octanol–water partition coefficient (Wildman–Crippen LogP) is 0.543. The third-order valence-corrected chi connectivity index (χ3v) is 2.51. The zero-order valence-corrected chi connectivity index (χ0v) is 9.06. The molecule has 1 atom stereocenters. The summed E-state index contributed by atoms with van der Waals surface area (Å²) in [4.78, 5) is 10.6. The Bertz CT molecular complexity index is 362. The molecule has 1 N–H and O–H groups in total. The van der Waals surface area contributed by atoms with Gasteiger partial charge in [-0.25, -0.2) is 17.9 Å². The van der Waals surface area contributed by atoms with Crippen LogP contribution in [0, 0.1) is 0 Å². The average Bonchev–Trinajstić information content (AvgIpc) is 2.13. The van der Waals surface area contributed by atoms with Gasteiger partial charge >= 0.3 is 21.5 Å². The zero-order chi connectivity index (χ0) is 13.0. The van der Waals surface area contributed by atoms with E-state index in [1.165, 1.54) is 11.6 Å². The van der Waals surface area contributed by atoms with E-state index >= 15 is 0 Å². The van der Waals surface area contributed by atoms with Gasteiger partial charge in [0.25, 0.3) is 0 Å². The van der Waals surface area contributed by atoms with Crippen molar-refractivity contribution < 1.29 is 31.1 Å². The van der Waals surface area contributed by atoms with Crippen LogP contribution < -0.4 is 4.72 Å². The lowest BCUT2D eigenvalue weighted by Gasteiger charge is -2.14. The number of esters is 1. The maximum atomic E-state index is 11.8. The number of hydrogen-bond acceptors (Lipinski definition) is 4. The molecular formula is C7H10F3NO4S. The Labute approximate surface area is 90.3 Å². The van der Waals surface area contributed by atoms with E-state index in [1.807, 2.05) is 0 Å². The number of nitrogens with one attached hydrogen (secondary N) is 1. The SMILES string of the molecule is C=CC(=O)OC(C)CNS(=O)(=O)C(F)(F)F. The van der Waals surface area contributed by atoms with Crippen molar-refractivity contribution >= 4 is 16.0 Å². The summed E-state index contributed by atoms with van der Waals surface area (Å²) in [7, 11) is -5.40. The van der Waals surface area contributed by atoms with E-state index in [4.69, 9.17) is 0 Å². The zero-order valence-electron chi connectivity index (χ0n) is 8.24. The molecule has 0 bridgehead atoms. The van der Waals surface area contributed by atoms with Crippen molar-refractivity contribution in [2.24, 2.45) is 0 Å². The molecule has 0 spiro atoms. The van der Waals surface area contributed by atoms with Crippen LogP contribution in [-0.2, 0) is 19.6 Å². The fourth-order valence-corrected chi connectivity index (χ4v) is 1.21. The molecule has 0 aliphatic carbocycles. The molecule has 0 amide bonds. The molecule has 0 aromatic heterocycles. The molecule has 0 aliphatic heterocycles. The van der Waals surface area contributed by atoms with Crippen LogP contribution in [0.25, 0.3) is 0 Å². The number of ether oxygens (including phenoxy) is 1. The van der Waals surface area contributed by atoms with E-state index in [1.54, 1.807) is 0 Å². The molecule has 0 rings (SSSR count). The Morgan fingerprint density at radius 1 is 1.56 bits per heavy atom. The molecule has 94 valence electrons. The Balaban J connectivity index is 4.26. The van der Waals surface area contributed by atoms with Crippen LogP contribution in [0.5, 0.6) is 0 Å². The molecule has 1 unspecified atom stereocenters. The number of carbonyl (C=O) groups excluding carboxylic acids is 1. The second-order valence-electron chi connectivity index (χ2n) is 2.75. The second-order valence-corrected chi connectivity index (χ2v) is 4.51. The van der Waals surface area contributed by atoms with E-state index in [0.29, 0.717) is 0 Å². The van der Waals surface area contributed by atoms with Crippen LogP contribution in [-0.4, -0.2) is 32.5 Å². The van der Waals surface area contributed by atoms with Crippen molar-refractivity contribution in [3.8, 4) is 0 Å². The van der Waals surface area contributed by atoms with Crippen molar-refractivity contribution in [3.05, 3.63) is 12.7 Å². The topological polar surface area (TPSA) is 72.5 Å². The summed E-state index contributed by atoms with van der Waals surface area (Å²) in [5.74, 6) is -0.848.